The predicted octanol–water partition coefficient (Wildman–Crippen LogP) is 1.45. The lowest BCUT2D eigenvalue weighted by molar-refractivity contribution is 0.0929. The highest BCUT2D eigenvalue weighted by atomic mass is 16.3. The molecule has 0 saturated carbocycles. The molecule has 7 heteroatoms. The van der Waals surface area contributed by atoms with Gasteiger partial charge in [-0.25, -0.2) is 4.98 Å². The van der Waals surface area contributed by atoms with Crippen LogP contribution in [0.5, 0.6) is 5.75 Å². The summed E-state index contributed by atoms with van der Waals surface area (Å²) in [6.45, 7) is 5.82. The van der Waals surface area contributed by atoms with Crippen LogP contribution in [-0.4, -0.2) is 30.8 Å². The van der Waals surface area contributed by atoms with Crippen LogP contribution in [0.4, 0.5) is 0 Å². The van der Waals surface area contributed by atoms with Crippen molar-refractivity contribution in [1.82, 2.24) is 25.1 Å². The molecule has 0 spiro atoms. The molecule has 0 bridgehead atoms. The van der Waals surface area contributed by atoms with Crippen molar-refractivity contribution in [3.05, 3.63) is 36.2 Å². The minimum Gasteiger partial charge on any atom is -0.505 e. The zero-order valence-electron chi connectivity index (χ0n) is 11.6. The van der Waals surface area contributed by atoms with Crippen molar-refractivity contribution < 1.29 is 9.90 Å². The number of hydrogen-bond donors (Lipinski definition) is 2. The van der Waals surface area contributed by atoms with Crippen molar-refractivity contribution in [1.29, 1.82) is 0 Å². The molecule has 0 radical (unpaired) electrons. The van der Waals surface area contributed by atoms with Crippen molar-refractivity contribution in [3.63, 3.8) is 0 Å². The van der Waals surface area contributed by atoms with Crippen molar-refractivity contribution >= 4 is 5.91 Å². The fraction of sp³-hybridized carbons (Fsp3) is 0.385. The van der Waals surface area contributed by atoms with E-state index in [-0.39, 0.29) is 23.5 Å². The van der Waals surface area contributed by atoms with E-state index in [1.807, 2.05) is 18.4 Å². The molecule has 0 fully saturated rings. The first-order valence-corrected chi connectivity index (χ1v) is 6.35. The second-order valence-electron chi connectivity index (χ2n) is 4.76. The molecular weight excluding hydrogens is 258 g/mol. The Morgan fingerprint density at radius 1 is 1.40 bits per heavy atom. The van der Waals surface area contributed by atoms with Crippen LogP contribution in [0.1, 0.15) is 49.2 Å². The van der Waals surface area contributed by atoms with Crippen LogP contribution in [-0.2, 0) is 0 Å². The van der Waals surface area contributed by atoms with Gasteiger partial charge in [0.05, 0.1) is 6.04 Å². The van der Waals surface area contributed by atoms with E-state index in [2.05, 4.69) is 20.5 Å². The molecule has 2 heterocycles. The highest BCUT2D eigenvalue weighted by molar-refractivity contribution is 5.94. The second kappa shape index (κ2) is 5.68. The number of amides is 1. The first-order valence-electron chi connectivity index (χ1n) is 6.35. The molecular formula is C13H17N5O2. The number of carbonyl (C=O) groups is 1. The summed E-state index contributed by atoms with van der Waals surface area (Å²) >= 11 is 0. The maximum absolute atomic E-state index is 12.1. The Hall–Kier alpha value is -2.44. The van der Waals surface area contributed by atoms with Crippen LogP contribution >= 0.6 is 0 Å². The van der Waals surface area contributed by atoms with E-state index in [4.69, 9.17) is 0 Å². The van der Waals surface area contributed by atoms with Gasteiger partial charge in [-0.3, -0.25) is 4.79 Å². The summed E-state index contributed by atoms with van der Waals surface area (Å²) in [6, 6.07) is 2.84. The molecule has 106 valence electrons. The van der Waals surface area contributed by atoms with Crippen molar-refractivity contribution in [2.24, 2.45) is 0 Å². The van der Waals surface area contributed by atoms with Crippen molar-refractivity contribution in [2.75, 3.05) is 0 Å². The third kappa shape index (κ3) is 2.76. The quantitative estimate of drug-likeness (QED) is 0.881. The Morgan fingerprint density at radius 2 is 2.15 bits per heavy atom. The van der Waals surface area contributed by atoms with Gasteiger partial charge < -0.3 is 15.0 Å². The summed E-state index contributed by atoms with van der Waals surface area (Å²) in [7, 11) is 0. The summed E-state index contributed by atoms with van der Waals surface area (Å²) in [5.74, 6) is 0.0557. The summed E-state index contributed by atoms with van der Waals surface area (Å²) in [5, 5.41) is 20.2. The molecule has 2 aromatic heterocycles. The third-order valence-electron chi connectivity index (χ3n) is 2.89. The monoisotopic (exact) mass is 275 g/mol. The van der Waals surface area contributed by atoms with E-state index in [0.29, 0.717) is 5.82 Å². The molecule has 0 aliphatic carbocycles. The van der Waals surface area contributed by atoms with Gasteiger partial charge in [0.25, 0.3) is 5.91 Å². The van der Waals surface area contributed by atoms with E-state index >= 15 is 0 Å². The van der Waals surface area contributed by atoms with Gasteiger partial charge in [0.15, 0.2) is 11.5 Å². The molecule has 20 heavy (non-hydrogen) atoms. The van der Waals surface area contributed by atoms with Crippen LogP contribution < -0.4 is 5.32 Å². The summed E-state index contributed by atoms with van der Waals surface area (Å²) in [4.78, 5) is 15.9. The van der Waals surface area contributed by atoms with Gasteiger partial charge in [0.2, 0.25) is 0 Å². The average molecular weight is 275 g/mol. The van der Waals surface area contributed by atoms with Gasteiger partial charge in [-0.05, 0) is 32.9 Å². The fourth-order valence-electron chi connectivity index (χ4n) is 1.86. The number of rotatable bonds is 4. The van der Waals surface area contributed by atoms with Gasteiger partial charge in [-0.1, -0.05) is 0 Å². The summed E-state index contributed by atoms with van der Waals surface area (Å²) in [6.07, 6.45) is 3.08. The number of aromatic nitrogens is 4. The number of hydrogen-bond acceptors (Lipinski definition) is 5. The van der Waals surface area contributed by atoms with Crippen LogP contribution in [0.2, 0.25) is 0 Å². The van der Waals surface area contributed by atoms with Crippen LogP contribution in [0.25, 0.3) is 0 Å². The lowest BCUT2D eigenvalue weighted by atomic mass is 10.2. The molecule has 0 aliphatic heterocycles. The first kappa shape index (κ1) is 14.0. The number of pyridine rings is 1. The molecule has 1 atom stereocenters. The van der Waals surface area contributed by atoms with Gasteiger partial charge in [0, 0.05) is 12.2 Å². The Morgan fingerprint density at radius 3 is 2.80 bits per heavy atom. The normalized spacial score (nSPS) is 12.4. The molecule has 2 rings (SSSR count). The largest absolute Gasteiger partial charge is 0.505 e. The molecule has 0 aromatic carbocycles. The van der Waals surface area contributed by atoms with E-state index in [9.17, 15) is 9.90 Å². The Kier molecular flexibility index (Phi) is 3.97. The Bertz CT molecular complexity index is 608. The van der Waals surface area contributed by atoms with Crippen LogP contribution in [0, 0.1) is 0 Å². The van der Waals surface area contributed by atoms with E-state index in [1.54, 1.807) is 19.3 Å². The highest BCUT2D eigenvalue weighted by Crippen LogP contribution is 2.17. The number of carbonyl (C=O) groups excluding carboxylic acids is 1. The number of nitrogens with zero attached hydrogens (tertiary/aromatic N) is 4. The van der Waals surface area contributed by atoms with Crippen molar-refractivity contribution in [3.8, 4) is 5.75 Å². The Labute approximate surface area is 116 Å². The highest BCUT2D eigenvalue weighted by Gasteiger charge is 2.20. The SMILES string of the molecule is CC(NC(=O)c1ncccc1O)c1nncn1C(C)C. The second-order valence-corrected chi connectivity index (χ2v) is 4.76. The standard InChI is InChI=1S/C13H17N5O2/c1-8(2)18-7-15-17-12(18)9(3)16-13(20)11-10(19)5-4-6-14-11/h4-9,19H,1-3H3,(H,16,20). The maximum atomic E-state index is 12.1. The van der Waals surface area contributed by atoms with Gasteiger partial charge in [-0.2, -0.15) is 0 Å². The minimum atomic E-state index is -0.450. The molecule has 0 aliphatic rings. The lowest BCUT2D eigenvalue weighted by Gasteiger charge is -2.16. The number of aromatic hydroxyl groups is 1. The molecule has 2 aromatic rings. The average Bonchev–Trinajstić information content (AvgIpc) is 2.88. The smallest absolute Gasteiger partial charge is 0.274 e. The lowest BCUT2D eigenvalue weighted by Crippen LogP contribution is -2.29. The zero-order valence-corrected chi connectivity index (χ0v) is 11.6. The van der Waals surface area contributed by atoms with Crippen molar-refractivity contribution in [2.45, 2.75) is 32.9 Å². The van der Waals surface area contributed by atoms with E-state index in [0.717, 1.165) is 0 Å². The topological polar surface area (TPSA) is 92.9 Å². The fourth-order valence-corrected chi connectivity index (χ4v) is 1.86. The molecule has 1 unspecified atom stereocenters. The Balaban J connectivity index is 2.16. The number of nitrogens with one attached hydrogen (secondary N) is 1. The first-order chi connectivity index (χ1) is 9.50. The molecule has 7 nitrogen and oxygen atoms in total. The molecule has 1 amide bonds. The van der Waals surface area contributed by atoms with Gasteiger partial charge >= 0.3 is 0 Å². The van der Waals surface area contributed by atoms with E-state index < -0.39 is 5.91 Å². The van der Waals surface area contributed by atoms with Crippen LogP contribution in [0.3, 0.4) is 0 Å². The van der Waals surface area contributed by atoms with E-state index in [1.165, 1.54) is 12.3 Å². The van der Waals surface area contributed by atoms with Gasteiger partial charge in [-0.15, -0.1) is 10.2 Å². The summed E-state index contributed by atoms with van der Waals surface area (Å²) < 4.78 is 1.88. The minimum absolute atomic E-state index is 0.00466. The maximum Gasteiger partial charge on any atom is 0.274 e. The molecule has 0 saturated heterocycles. The summed E-state index contributed by atoms with van der Waals surface area (Å²) in [5.41, 5.74) is -0.00466. The van der Waals surface area contributed by atoms with Crippen LogP contribution in [0.15, 0.2) is 24.7 Å². The van der Waals surface area contributed by atoms with Gasteiger partial charge in [0.1, 0.15) is 12.1 Å². The zero-order chi connectivity index (χ0) is 14.7. The third-order valence-corrected chi connectivity index (χ3v) is 2.89. The predicted molar refractivity (Wildman–Crippen MR) is 72.2 cm³/mol. The molecule has 2 N–H and O–H groups in total.